The molecule has 4 N–H and O–H groups in total. The van der Waals surface area contributed by atoms with Gasteiger partial charge in [0.05, 0.1) is 30.2 Å². The maximum atomic E-state index is 13.7. The summed E-state index contributed by atoms with van der Waals surface area (Å²) in [6, 6.07) is 0. The number of nitrogens with zero attached hydrogens (tertiary/aromatic N) is 2. The summed E-state index contributed by atoms with van der Waals surface area (Å²) < 4.78 is 2.07. The van der Waals surface area contributed by atoms with Crippen LogP contribution in [0.1, 0.15) is 86.0 Å². The number of ketones is 1. The molecule has 0 amide bonds. The van der Waals surface area contributed by atoms with Gasteiger partial charge in [0.25, 0.3) is 0 Å². The first-order valence-corrected chi connectivity index (χ1v) is 16.3. The largest absolute Gasteiger partial charge is 0.393 e. The Morgan fingerprint density at radius 2 is 1.98 bits per heavy atom. The Labute approximate surface area is 251 Å². The van der Waals surface area contributed by atoms with Gasteiger partial charge in [0.15, 0.2) is 5.78 Å². The van der Waals surface area contributed by atoms with Crippen molar-refractivity contribution < 1.29 is 25.2 Å². The molecule has 0 radical (unpaired) electrons. The number of aliphatic hydroxyl groups is 4. The molecule has 0 unspecified atom stereocenters. The number of fused-ring (bicyclic) bond motifs is 2. The molecule has 0 aliphatic heterocycles. The molecule has 5 aliphatic carbocycles. The smallest absolute Gasteiger partial charge is 0.159 e. The molecule has 0 spiro atoms. The highest BCUT2D eigenvalue weighted by Crippen LogP contribution is 2.72. The van der Waals surface area contributed by atoms with Gasteiger partial charge in [-0.25, -0.2) is 4.98 Å². The normalized spacial score (nSPS) is 44.2. The molecule has 12 atom stereocenters. The van der Waals surface area contributed by atoms with E-state index in [9.17, 15) is 25.2 Å². The van der Waals surface area contributed by atoms with E-state index in [0.29, 0.717) is 25.2 Å². The zero-order valence-corrected chi connectivity index (χ0v) is 26.2. The molecule has 7 heteroatoms. The second-order valence-corrected chi connectivity index (χ2v) is 15.9. The fourth-order valence-electron chi connectivity index (χ4n) is 10.9. The van der Waals surface area contributed by atoms with Crippen molar-refractivity contribution in [3.05, 3.63) is 42.5 Å². The number of carbonyl (C=O) groups is 1. The van der Waals surface area contributed by atoms with Crippen LogP contribution in [0.2, 0.25) is 0 Å². The number of aromatic nitrogens is 2. The minimum absolute atomic E-state index is 0.00350. The number of carbonyl (C=O) groups excluding carboxylic acids is 1. The summed E-state index contributed by atoms with van der Waals surface area (Å²) in [6.07, 6.45) is 10.7. The van der Waals surface area contributed by atoms with Crippen molar-refractivity contribution in [1.82, 2.24) is 9.55 Å². The molecule has 4 saturated carbocycles. The molecule has 232 valence electrons. The Kier molecular flexibility index (Phi) is 7.28. The first-order chi connectivity index (χ1) is 19.6. The van der Waals surface area contributed by atoms with E-state index in [2.05, 4.69) is 50.7 Å². The van der Waals surface area contributed by atoms with Crippen molar-refractivity contribution in [3.63, 3.8) is 0 Å². The average Bonchev–Trinajstić information content (AvgIpc) is 3.54. The van der Waals surface area contributed by atoms with E-state index < -0.39 is 34.7 Å². The summed E-state index contributed by atoms with van der Waals surface area (Å²) >= 11 is 0. The van der Waals surface area contributed by atoms with Crippen molar-refractivity contribution in [3.8, 4) is 0 Å². The second-order valence-electron chi connectivity index (χ2n) is 15.9. The van der Waals surface area contributed by atoms with Gasteiger partial charge in [0.2, 0.25) is 0 Å². The molecule has 1 heterocycles. The third kappa shape index (κ3) is 4.20. The van der Waals surface area contributed by atoms with Crippen LogP contribution in [0.5, 0.6) is 0 Å². The third-order valence-corrected chi connectivity index (χ3v) is 13.8. The van der Waals surface area contributed by atoms with Crippen LogP contribution in [0.3, 0.4) is 0 Å². The number of allylic oxidation sites excluding steroid dienone is 1. The highest BCUT2D eigenvalue weighted by molar-refractivity contribution is 5.95. The summed E-state index contributed by atoms with van der Waals surface area (Å²) in [5.41, 5.74) is -0.238. The molecule has 1 aromatic heterocycles. The molecule has 5 aliphatic rings. The first kappa shape index (κ1) is 30.2. The average molecular weight is 581 g/mol. The second kappa shape index (κ2) is 10.1. The van der Waals surface area contributed by atoms with Crippen molar-refractivity contribution in [1.29, 1.82) is 0 Å². The molecule has 0 bridgehead atoms. The van der Waals surface area contributed by atoms with Crippen LogP contribution < -0.4 is 0 Å². The van der Waals surface area contributed by atoms with Crippen molar-refractivity contribution in [2.24, 2.45) is 51.8 Å². The van der Waals surface area contributed by atoms with E-state index in [-0.39, 0.29) is 40.8 Å². The van der Waals surface area contributed by atoms with E-state index >= 15 is 0 Å². The summed E-state index contributed by atoms with van der Waals surface area (Å²) in [5, 5.41) is 46.0. The summed E-state index contributed by atoms with van der Waals surface area (Å²) in [5.74, 6) is -0.0344. The highest BCUT2D eigenvalue weighted by Gasteiger charge is 2.72. The Hall–Kier alpha value is -1.80. The van der Waals surface area contributed by atoms with Crippen molar-refractivity contribution >= 4 is 5.78 Å². The first-order valence-electron chi connectivity index (χ1n) is 16.3. The molecule has 7 nitrogen and oxygen atoms in total. The van der Waals surface area contributed by atoms with Crippen LogP contribution in [0.15, 0.2) is 42.5 Å². The van der Waals surface area contributed by atoms with Crippen LogP contribution in [0.4, 0.5) is 0 Å². The lowest BCUT2D eigenvalue weighted by Crippen LogP contribution is -2.68. The van der Waals surface area contributed by atoms with Gasteiger partial charge in [-0.2, -0.15) is 0 Å². The number of aliphatic hydroxyl groups excluding tert-OH is 3. The zero-order valence-electron chi connectivity index (χ0n) is 26.2. The summed E-state index contributed by atoms with van der Waals surface area (Å²) in [7, 11) is 0. The van der Waals surface area contributed by atoms with Gasteiger partial charge in [-0.1, -0.05) is 46.8 Å². The standard InChI is InChI=1S/C35H52N2O5/c1-20(32(3,4)11-13-37-14-12-36-19-37)15-27(38)21(2)23-9-10-35(42)26-17-28(39)25-16-29(40)31(41)24-8-7-22(18-33(23,35)5)30(26)34(24,25)6/h12,14,17,19,21-25,27,29-31,38,40-42H,1,7-11,13,15-16,18H2,2-6H3/t21-,22+,23+,24+,25-,27+,29+,30-,31-,33+,34-,35+/m0/s1. The maximum absolute atomic E-state index is 13.7. The number of rotatable bonds is 8. The van der Waals surface area contributed by atoms with E-state index in [1.165, 1.54) is 0 Å². The van der Waals surface area contributed by atoms with Gasteiger partial charge >= 0.3 is 0 Å². The van der Waals surface area contributed by atoms with E-state index in [4.69, 9.17) is 0 Å². The minimum atomic E-state index is -1.11. The topological polar surface area (TPSA) is 116 Å². The minimum Gasteiger partial charge on any atom is -0.393 e. The monoisotopic (exact) mass is 580 g/mol. The molecule has 42 heavy (non-hydrogen) atoms. The fraction of sp³-hybridized carbons (Fsp3) is 0.771. The Morgan fingerprint density at radius 3 is 2.67 bits per heavy atom. The number of hydrogen-bond acceptors (Lipinski definition) is 6. The Morgan fingerprint density at radius 1 is 1.24 bits per heavy atom. The van der Waals surface area contributed by atoms with E-state index in [0.717, 1.165) is 49.8 Å². The Bertz CT molecular complexity index is 1260. The van der Waals surface area contributed by atoms with E-state index in [1.54, 1.807) is 12.3 Å². The summed E-state index contributed by atoms with van der Waals surface area (Å²) in [6.45, 7) is 16.2. The fourth-order valence-corrected chi connectivity index (χ4v) is 10.9. The van der Waals surface area contributed by atoms with Gasteiger partial charge in [-0.05, 0) is 103 Å². The number of aryl methyl sites for hydroxylation is 1. The third-order valence-electron chi connectivity index (χ3n) is 13.8. The quantitative estimate of drug-likeness (QED) is 0.332. The van der Waals surface area contributed by atoms with Crippen LogP contribution in [0, 0.1) is 51.8 Å². The number of imidazole rings is 1. The lowest BCUT2D eigenvalue weighted by molar-refractivity contribution is -0.204. The van der Waals surface area contributed by atoms with Gasteiger partial charge in [0.1, 0.15) is 0 Å². The molecule has 6 rings (SSSR count). The van der Waals surface area contributed by atoms with Crippen LogP contribution >= 0.6 is 0 Å². The van der Waals surface area contributed by atoms with Gasteiger partial charge in [-0.3, -0.25) is 4.79 Å². The van der Waals surface area contributed by atoms with Crippen LogP contribution in [-0.4, -0.2) is 59.7 Å². The molecule has 0 saturated heterocycles. The SMILES string of the molecule is C=C(C[C@@H](O)[C@@H](C)[C@H]1CC[C@@]2(O)C3=CC(=O)[C@@H]4C[C@@H](O)[C@@H](O)[C@H]5CC[C@H](C[C@]12C)[C@@H]3[C@@]54C)C(C)(C)CCn1ccnc1. The van der Waals surface area contributed by atoms with Crippen molar-refractivity contribution in [2.45, 2.75) is 116 Å². The van der Waals surface area contributed by atoms with E-state index in [1.807, 2.05) is 12.5 Å². The molecule has 4 fully saturated rings. The van der Waals surface area contributed by atoms with Crippen LogP contribution in [-0.2, 0) is 11.3 Å². The van der Waals surface area contributed by atoms with Gasteiger partial charge < -0.3 is 25.0 Å². The maximum Gasteiger partial charge on any atom is 0.159 e. The predicted molar refractivity (Wildman–Crippen MR) is 161 cm³/mol. The van der Waals surface area contributed by atoms with Gasteiger partial charge in [0, 0.05) is 30.3 Å². The summed E-state index contributed by atoms with van der Waals surface area (Å²) in [4.78, 5) is 17.8. The predicted octanol–water partition coefficient (Wildman–Crippen LogP) is 4.69. The number of hydrogen-bond donors (Lipinski definition) is 4. The molecular weight excluding hydrogens is 528 g/mol. The van der Waals surface area contributed by atoms with Crippen LogP contribution in [0.25, 0.3) is 0 Å². The lowest BCUT2D eigenvalue weighted by Gasteiger charge is -2.67. The molecular formula is C35H52N2O5. The van der Waals surface area contributed by atoms with Gasteiger partial charge in [-0.15, -0.1) is 0 Å². The highest BCUT2D eigenvalue weighted by atomic mass is 16.3. The lowest BCUT2D eigenvalue weighted by atomic mass is 9.38. The molecule has 1 aromatic rings. The Balaban J connectivity index is 1.24. The molecule has 0 aromatic carbocycles. The zero-order chi connectivity index (χ0) is 30.4. The van der Waals surface area contributed by atoms with Crippen molar-refractivity contribution in [2.75, 3.05) is 0 Å².